The molecule has 6 heteroatoms. The van der Waals surface area contributed by atoms with Gasteiger partial charge in [0, 0.05) is 57.0 Å². The minimum absolute atomic E-state index is 0.0638. The zero-order chi connectivity index (χ0) is 18.1. The molecule has 1 aromatic rings. The smallest absolute Gasteiger partial charge is 0.246 e. The largest absolute Gasteiger partial charge is 0.335 e. The molecule has 0 saturated heterocycles. The molecule has 3 aliphatic heterocycles. The average Bonchev–Trinajstić information content (AvgIpc) is 3.34. The zero-order valence-electron chi connectivity index (χ0n) is 15.4. The first-order chi connectivity index (χ1) is 12.7. The van der Waals surface area contributed by atoms with Crippen molar-refractivity contribution in [3.63, 3.8) is 0 Å². The van der Waals surface area contributed by atoms with Crippen molar-refractivity contribution in [3.8, 4) is 0 Å². The van der Waals surface area contributed by atoms with Gasteiger partial charge in [-0.1, -0.05) is 19.4 Å². The number of carbonyl (C=O) groups excluding carboxylic acids is 2. The van der Waals surface area contributed by atoms with Gasteiger partial charge in [-0.15, -0.1) is 0 Å². The van der Waals surface area contributed by atoms with Crippen LogP contribution >= 0.6 is 0 Å². The van der Waals surface area contributed by atoms with E-state index in [-0.39, 0.29) is 17.7 Å². The fourth-order valence-electron chi connectivity index (χ4n) is 4.19. The SMILES string of the molecule is CCC/C=C/C(=O)N1CC2=C(C1)CN(C(=O)C1CCn3cncc3C1)C2. The number of aromatic nitrogens is 2. The molecule has 1 aromatic heterocycles. The van der Waals surface area contributed by atoms with Crippen LogP contribution in [-0.2, 0) is 22.6 Å². The van der Waals surface area contributed by atoms with E-state index in [1.54, 1.807) is 6.08 Å². The quantitative estimate of drug-likeness (QED) is 0.612. The highest BCUT2D eigenvalue weighted by Crippen LogP contribution is 2.29. The molecule has 26 heavy (non-hydrogen) atoms. The second kappa shape index (κ2) is 7.09. The van der Waals surface area contributed by atoms with E-state index in [1.165, 1.54) is 11.1 Å². The molecular formula is C20H26N4O2. The van der Waals surface area contributed by atoms with Crippen molar-refractivity contribution in [2.75, 3.05) is 26.2 Å². The Labute approximate surface area is 154 Å². The van der Waals surface area contributed by atoms with Crippen molar-refractivity contribution in [3.05, 3.63) is 41.5 Å². The minimum Gasteiger partial charge on any atom is -0.335 e. The highest BCUT2D eigenvalue weighted by Gasteiger charge is 2.36. The maximum Gasteiger partial charge on any atom is 0.246 e. The maximum atomic E-state index is 12.9. The van der Waals surface area contributed by atoms with Crippen molar-refractivity contribution in [1.82, 2.24) is 19.4 Å². The number of nitrogens with zero attached hydrogens (tertiary/aromatic N) is 4. The Kier molecular flexibility index (Phi) is 4.66. The molecule has 0 aromatic carbocycles. The summed E-state index contributed by atoms with van der Waals surface area (Å²) in [6, 6.07) is 0. The molecule has 0 radical (unpaired) electrons. The molecule has 6 nitrogen and oxygen atoms in total. The summed E-state index contributed by atoms with van der Waals surface area (Å²) in [6.45, 7) is 5.70. The summed E-state index contributed by atoms with van der Waals surface area (Å²) >= 11 is 0. The molecule has 4 rings (SSSR count). The number of imidazole rings is 1. The van der Waals surface area contributed by atoms with Gasteiger partial charge in [-0.3, -0.25) is 9.59 Å². The lowest BCUT2D eigenvalue weighted by molar-refractivity contribution is -0.135. The van der Waals surface area contributed by atoms with Crippen molar-refractivity contribution in [2.45, 2.75) is 39.2 Å². The molecule has 2 amide bonds. The monoisotopic (exact) mass is 354 g/mol. The molecule has 0 N–H and O–H groups in total. The molecule has 0 aliphatic carbocycles. The molecule has 1 unspecified atom stereocenters. The van der Waals surface area contributed by atoms with Gasteiger partial charge in [0.05, 0.1) is 6.33 Å². The molecule has 138 valence electrons. The predicted octanol–water partition coefficient (Wildman–Crippen LogP) is 1.78. The molecular weight excluding hydrogens is 328 g/mol. The Hall–Kier alpha value is -2.37. The molecule has 4 heterocycles. The van der Waals surface area contributed by atoms with Crippen LogP contribution in [0.25, 0.3) is 0 Å². The Morgan fingerprint density at radius 2 is 1.92 bits per heavy atom. The highest BCUT2D eigenvalue weighted by atomic mass is 16.2. The zero-order valence-corrected chi connectivity index (χ0v) is 15.4. The van der Waals surface area contributed by atoms with Crippen LogP contribution in [0, 0.1) is 5.92 Å². The number of hydrogen-bond donors (Lipinski definition) is 0. The Morgan fingerprint density at radius 1 is 1.19 bits per heavy atom. The van der Waals surface area contributed by atoms with Crippen molar-refractivity contribution >= 4 is 11.8 Å². The third kappa shape index (κ3) is 3.20. The third-order valence-corrected chi connectivity index (χ3v) is 5.69. The van der Waals surface area contributed by atoms with E-state index < -0.39 is 0 Å². The summed E-state index contributed by atoms with van der Waals surface area (Å²) in [7, 11) is 0. The Balaban J connectivity index is 1.31. The van der Waals surface area contributed by atoms with Crippen LogP contribution < -0.4 is 0 Å². The lowest BCUT2D eigenvalue weighted by Crippen LogP contribution is -2.40. The first kappa shape index (κ1) is 17.1. The fraction of sp³-hybridized carbons (Fsp3) is 0.550. The molecule has 0 bridgehead atoms. The van der Waals surface area contributed by atoms with Gasteiger partial charge in [0.2, 0.25) is 11.8 Å². The summed E-state index contributed by atoms with van der Waals surface area (Å²) < 4.78 is 2.14. The number of carbonyl (C=O) groups is 2. The molecule has 0 fully saturated rings. The number of aryl methyl sites for hydroxylation is 1. The summed E-state index contributed by atoms with van der Waals surface area (Å²) in [5.74, 6) is 0.410. The molecule has 3 aliphatic rings. The van der Waals surface area contributed by atoms with Crippen LogP contribution in [0.5, 0.6) is 0 Å². The fourth-order valence-corrected chi connectivity index (χ4v) is 4.19. The van der Waals surface area contributed by atoms with Gasteiger partial charge in [-0.05, 0) is 30.1 Å². The van der Waals surface area contributed by atoms with Gasteiger partial charge in [0.25, 0.3) is 0 Å². The number of amides is 2. The van der Waals surface area contributed by atoms with Crippen molar-refractivity contribution in [1.29, 1.82) is 0 Å². The van der Waals surface area contributed by atoms with E-state index in [1.807, 2.05) is 28.4 Å². The van der Waals surface area contributed by atoms with Crippen LogP contribution in [0.15, 0.2) is 35.8 Å². The summed E-state index contributed by atoms with van der Waals surface area (Å²) in [4.78, 5) is 33.2. The standard InChI is InChI=1S/C20H26N4O2/c1-2-3-4-5-19(25)23-10-16-12-24(13-17(16)11-23)20(26)15-6-7-22-14-21-9-18(22)8-15/h4-5,9,14-15H,2-3,6-8,10-13H2,1H3/b5-4+. The normalized spacial score (nSPS) is 22.3. The molecule has 1 atom stereocenters. The summed E-state index contributed by atoms with van der Waals surface area (Å²) in [5.41, 5.74) is 3.68. The maximum absolute atomic E-state index is 12.9. The van der Waals surface area contributed by atoms with E-state index >= 15 is 0 Å². The summed E-state index contributed by atoms with van der Waals surface area (Å²) in [5, 5.41) is 0. The number of hydrogen-bond acceptors (Lipinski definition) is 3. The van der Waals surface area contributed by atoms with Gasteiger partial charge in [-0.2, -0.15) is 0 Å². The number of rotatable bonds is 4. The lowest BCUT2D eigenvalue weighted by atomic mass is 9.95. The first-order valence-electron chi connectivity index (χ1n) is 9.58. The third-order valence-electron chi connectivity index (χ3n) is 5.69. The number of fused-ring (bicyclic) bond motifs is 1. The average molecular weight is 354 g/mol. The van der Waals surface area contributed by atoms with E-state index in [9.17, 15) is 9.59 Å². The van der Waals surface area contributed by atoms with E-state index in [0.29, 0.717) is 26.2 Å². The van der Waals surface area contributed by atoms with Crippen LogP contribution in [0.1, 0.15) is 31.9 Å². The lowest BCUT2D eigenvalue weighted by Gasteiger charge is -2.29. The van der Waals surface area contributed by atoms with Crippen LogP contribution in [0.3, 0.4) is 0 Å². The van der Waals surface area contributed by atoms with Crippen LogP contribution in [0.4, 0.5) is 0 Å². The predicted molar refractivity (Wildman–Crippen MR) is 98.3 cm³/mol. The van der Waals surface area contributed by atoms with E-state index in [4.69, 9.17) is 0 Å². The van der Waals surface area contributed by atoms with Gasteiger partial charge in [0.15, 0.2) is 0 Å². The van der Waals surface area contributed by atoms with E-state index in [0.717, 1.165) is 37.9 Å². The Bertz CT molecular complexity index is 759. The molecule has 0 spiro atoms. The number of unbranched alkanes of at least 4 members (excludes halogenated alkanes) is 1. The van der Waals surface area contributed by atoms with Gasteiger partial charge in [0.1, 0.15) is 0 Å². The van der Waals surface area contributed by atoms with Crippen LogP contribution in [-0.4, -0.2) is 57.3 Å². The number of allylic oxidation sites excluding steroid dienone is 1. The summed E-state index contributed by atoms with van der Waals surface area (Å²) in [6.07, 6.45) is 11.0. The van der Waals surface area contributed by atoms with Crippen LogP contribution in [0.2, 0.25) is 0 Å². The topological polar surface area (TPSA) is 58.4 Å². The van der Waals surface area contributed by atoms with E-state index in [2.05, 4.69) is 16.5 Å². The van der Waals surface area contributed by atoms with Gasteiger partial charge < -0.3 is 14.4 Å². The molecule has 0 saturated carbocycles. The van der Waals surface area contributed by atoms with Gasteiger partial charge in [-0.25, -0.2) is 4.98 Å². The van der Waals surface area contributed by atoms with Crippen molar-refractivity contribution < 1.29 is 9.59 Å². The highest BCUT2D eigenvalue weighted by molar-refractivity contribution is 5.89. The second-order valence-electron chi connectivity index (χ2n) is 7.55. The van der Waals surface area contributed by atoms with Gasteiger partial charge >= 0.3 is 0 Å². The van der Waals surface area contributed by atoms with Crippen molar-refractivity contribution in [2.24, 2.45) is 5.92 Å². The Morgan fingerprint density at radius 3 is 2.65 bits per heavy atom. The second-order valence-corrected chi connectivity index (χ2v) is 7.55. The minimum atomic E-state index is 0.0638. The first-order valence-corrected chi connectivity index (χ1v) is 9.58.